The van der Waals surface area contributed by atoms with E-state index in [1.165, 1.54) is 25.7 Å². The molecule has 0 saturated heterocycles. The molecule has 0 spiro atoms. The maximum absolute atomic E-state index is 6.10. The highest BCUT2D eigenvalue weighted by molar-refractivity contribution is 6.32. The van der Waals surface area contributed by atoms with E-state index in [9.17, 15) is 0 Å². The number of hydrogen-bond donors (Lipinski definition) is 0. The van der Waals surface area contributed by atoms with Gasteiger partial charge in [0.1, 0.15) is 11.5 Å². The molecule has 0 aliphatic heterocycles. The molecular formula is C38H50Cl2O2. The van der Waals surface area contributed by atoms with Crippen molar-refractivity contribution < 1.29 is 9.47 Å². The average molecular weight is 610 g/mol. The van der Waals surface area contributed by atoms with Crippen molar-refractivity contribution in [3.05, 3.63) is 105 Å². The van der Waals surface area contributed by atoms with E-state index in [-0.39, 0.29) is 0 Å². The maximum Gasteiger partial charge on any atom is 0.122 e. The van der Waals surface area contributed by atoms with Crippen molar-refractivity contribution in [2.45, 2.75) is 81.1 Å². The molecule has 0 unspecified atom stereocenters. The Morgan fingerprint density at radius 3 is 1.00 bits per heavy atom. The largest absolute Gasteiger partial charge is 0.496 e. The molecule has 0 amide bonds. The molecule has 4 aromatic rings. The molecule has 4 heteroatoms. The number of ether oxygens (including phenoxy) is 2. The molecule has 4 rings (SSSR count). The van der Waals surface area contributed by atoms with Gasteiger partial charge in [0.25, 0.3) is 0 Å². The Hall–Kier alpha value is -2.94. The van der Waals surface area contributed by atoms with Crippen molar-refractivity contribution in [1.29, 1.82) is 0 Å². The molecule has 0 heterocycles. The molecule has 228 valence electrons. The number of rotatable bonds is 6. The van der Waals surface area contributed by atoms with Crippen LogP contribution in [0.5, 0.6) is 11.5 Å². The molecule has 2 nitrogen and oxygen atoms in total. The summed E-state index contributed by atoms with van der Waals surface area (Å²) in [4.78, 5) is 0. The van der Waals surface area contributed by atoms with Gasteiger partial charge in [-0.25, -0.2) is 0 Å². The quantitative estimate of drug-likeness (QED) is 0.217. The number of aryl methyl sites for hydroxylation is 4. The molecule has 0 radical (unpaired) electrons. The minimum atomic E-state index is 0.786. The van der Waals surface area contributed by atoms with E-state index >= 15 is 0 Å². The summed E-state index contributed by atoms with van der Waals surface area (Å²) < 4.78 is 10.7. The summed E-state index contributed by atoms with van der Waals surface area (Å²) in [7, 11) is 3.39. The fourth-order valence-electron chi connectivity index (χ4n) is 3.90. The lowest BCUT2D eigenvalue weighted by molar-refractivity contribution is 0.411. The van der Waals surface area contributed by atoms with Gasteiger partial charge in [-0.1, -0.05) is 125 Å². The van der Waals surface area contributed by atoms with Crippen LogP contribution in [0.15, 0.2) is 72.8 Å². The predicted octanol–water partition coefficient (Wildman–Crippen LogP) is 12.9. The van der Waals surface area contributed by atoms with Crippen LogP contribution in [0.3, 0.4) is 0 Å². The summed E-state index contributed by atoms with van der Waals surface area (Å²) in [5, 5.41) is 1.57. The van der Waals surface area contributed by atoms with E-state index in [1.807, 2.05) is 52.0 Å². The zero-order valence-electron chi connectivity index (χ0n) is 27.3. The summed E-state index contributed by atoms with van der Waals surface area (Å²) in [5.41, 5.74) is 8.91. The molecule has 0 aliphatic carbocycles. The van der Waals surface area contributed by atoms with Crippen LogP contribution in [0.4, 0.5) is 0 Å². The first-order valence-electron chi connectivity index (χ1n) is 14.9. The minimum absolute atomic E-state index is 0.786. The van der Waals surface area contributed by atoms with Crippen molar-refractivity contribution in [3.63, 3.8) is 0 Å². The topological polar surface area (TPSA) is 18.5 Å². The van der Waals surface area contributed by atoms with Crippen LogP contribution in [-0.2, 0) is 0 Å². The summed E-state index contributed by atoms with van der Waals surface area (Å²) >= 11 is 12.2. The molecule has 0 fully saturated rings. The van der Waals surface area contributed by atoms with Crippen LogP contribution in [0.1, 0.15) is 75.6 Å². The van der Waals surface area contributed by atoms with Crippen LogP contribution in [0, 0.1) is 27.7 Å². The van der Waals surface area contributed by atoms with Crippen LogP contribution < -0.4 is 9.47 Å². The number of halogens is 2. The average Bonchev–Trinajstić information content (AvgIpc) is 2.98. The second kappa shape index (κ2) is 20.1. The monoisotopic (exact) mass is 608 g/mol. The second-order valence-corrected chi connectivity index (χ2v) is 11.2. The smallest absolute Gasteiger partial charge is 0.122 e. The van der Waals surface area contributed by atoms with Gasteiger partial charge in [0.15, 0.2) is 0 Å². The van der Waals surface area contributed by atoms with Crippen molar-refractivity contribution in [1.82, 2.24) is 0 Å². The molecular weight excluding hydrogens is 559 g/mol. The zero-order valence-corrected chi connectivity index (χ0v) is 28.8. The molecule has 42 heavy (non-hydrogen) atoms. The van der Waals surface area contributed by atoms with Gasteiger partial charge in [0.2, 0.25) is 0 Å². The van der Waals surface area contributed by atoms with Gasteiger partial charge in [-0.2, -0.15) is 0 Å². The Labute approximate surface area is 266 Å². The Bertz CT molecular complexity index is 1260. The van der Waals surface area contributed by atoms with Gasteiger partial charge in [-0.05, 0) is 96.5 Å². The fourth-order valence-corrected chi connectivity index (χ4v) is 4.26. The second-order valence-electron chi connectivity index (χ2n) is 10.4. The Kier molecular flexibility index (Phi) is 17.7. The summed E-state index contributed by atoms with van der Waals surface area (Å²) in [6.07, 6.45) is 5.33. The standard InChI is InChI=1S/C16H18O2.C14H12Cl2.C5H12.C3H8/c1-11-5-7-13(9-15(11)17-3)14-8-6-12(2)16(10-14)18-4;1-9-3-5-11(7-13(9)15)12-6-4-10(2)14(16)8-12;1-3-5-4-2;1-3-2/h5-10H,1-4H3;3-8H,1-2H3;3-5H2,1-2H3;3H2,1-2H3. The zero-order chi connectivity index (χ0) is 31.7. The van der Waals surface area contributed by atoms with Crippen molar-refractivity contribution >= 4 is 23.2 Å². The SMILES string of the molecule is CCC.CCCCC.COc1cc(-c2ccc(C)c(OC)c2)ccc1C.Cc1ccc(-c2ccc(C)c(Cl)c2)cc1Cl. The van der Waals surface area contributed by atoms with Gasteiger partial charge in [-0.15, -0.1) is 0 Å². The first-order chi connectivity index (χ1) is 20.1. The molecule has 0 saturated carbocycles. The van der Waals surface area contributed by atoms with Crippen molar-refractivity contribution in [2.24, 2.45) is 0 Å². The van der Waals surface area contributed by atoms with Gasteiger partial charge < -0.3 is 9.47 Å². The summed E-state index contributed by atoms with van der Waals surface area (Å²) in [6, 6.07) is 24.5. The van der Waals surface area contributed by atoms with Gasteiger partial charge >= 0.3 is 0 Å². The van der Waals surface area contributed by atoms with Gasteiger partial charge in [0.05, 0.1) is 14.2 Å². The molecule has 0 aliphatic rings. The highest BCUT2D eigenvalue weighted by Crippen LogP contribution is 2.31. The predicted molar refractivity (Wildman–Crippen MR) is 187 cm³/mol. The number of methoxy groups -OCH3 is 2. The highest BCUT2D eigenvalue weighted by atomic mass is 35.5. The summed E-state index contributed by atoms with van der Waals surface area (Å²) in [6.45, 7) is 16.7. The summed E-state index contributed by atoms with van der Waals surface area (Å²) in [5.74, 6) is 1.82. The Morgan fingerprint density at radius 1 is 0.476 bits per heavy atom. The fraction of sp³-hybridized carbons (Fsp3) is 0.368. The highest BCUT2D eigenvalue weighted by Gasteiger charge is 2.06. The normalized spacial score (nSPS) is 9.81. The van der Waals surface area contributed by atoms with Gasteiger partial charge in [-0.3, -0.25) is 0 Å². The maximum atomic E-state index is 6.10. The lowest BCUT2D eigenvalue weighted by atomic mass is 10.0. The van der Waals surface area contributed by atoms with Gasteiger partial charge in [0, 0.05) is 10.0 Å². The Morgan fingerprint density at radius 2 is 0.762 bits per heavy atom. The van der Waals surface area contributed by atoms with E-state index < -0.39 is 0 Å². The minimum Gasteiger partial charge on any atom is -0.496 e. The van der Waals surface area contributed by atoms with E-state index in [4.69, 9.17) is 32.7 Å². The lowest BCUT2D eigenvalue weighted by Crippen LogP contribution is -1.90. The van der Waals surface area contributed by atoms with Crippen LogP contribution in [-0.4, -0.2) is 14.2 Å². The van der Waals surface area contributed by atoms with E-state index in [2.05, 4.69) is 76.2 Å². The lowest BCUT2D eigenvalue weighted by Gasteiger charge is -2.10. The third-order valence-electron chi connectivity index (χ3n) is 6.53. The molecule has 0 atom stereocenters. The van der Waals surface area contributed by atoms with E-state index in [0.717, 1.165) is 66.1 Å². The molecule has 4 aromatic carbocycles. The number of unbranched alkanes of at least 4 members (excludes halogenated alkanes) is 2. The molecule has 0 N–H and O–H groups in total. The van der Waals surface area contributed by atoms with Crippen LogP contribution >= 0.6 is 23.2 Å². The third kappa shape index (κ3) is 12.1. The van der Waals surface area contributed by atoms with Crippen molar-refractivity contribution in [2.75, 3.05) is 14.2 Å². The number of hydrogen-bond acceptors (Lipinski definition) is 2. The Balaban J connectivity index is 0.000000337. The first kappa shape index (κ1) is 37.1. The van der Waals surface area contributed by atoms with Crippen LogP contribution in [0.25, 0.3) is 22.3 Å². The van der Waals surface area contributed by atoms with E-state index in [0.29, 0.717) is 0 Å². The molecule has 0 aromatic heterocycles. The number of benzene rings is 4. The van der Waals surface area contributed by atoms with Crippen LogP contribution in [0.2, 0.25) is 10.0 Å². The first-order valence-corrected chi connectivity index (χ1v) is 15.6. The van der Waals surface area contributed by atoms with Crippen molar-refractivity contribution in [3.8, 4) is 33.8 Å². The molecule has 0 bridgehead atoms. The van der Waals surface area contributed by atoms with E-state index in [1.54, 1.807) is 14.2 Å². The third-order valence-corrected chi connectivity index (χ3v) is 7.35.